The van der Waals surface area contributed by atoms with Crippen LogP contribution in [0.25, 0.3) is 12.2 Å². The van der Waals surface area contributed by atoms with E-state index in [1.54, 1.807) is 0 Å². The van der Waals surface area contributed by atoms with Crippen LogP contribution in [0.3, 0.4) is 0 Å². The summed E-state index contributed by atoms with van der Waals surface area (Å²) in [6.45, 7) is 1.07. The van der Waals surface area contributed by atoms with Crippen molar-refractivity contribution in [2.75, 3.05) is 30.5 Å². The highest BCUT2D eigenvalue weighted by atomic mass is 33.1. The summed E-state index contributed by atoms with van der Waals surface area (Å²) < 4.78 is 2.04. The Labute approximate surface area is 141 Å². The maximum atomic E-state index is 2.30. The molecule has 116 valence electrons. The van der Waals surface area contributed by atoms with Gasteiger partial charge in [-0.05, 0) is 29.5 Å². The Morgan fingerprint density at radius 1 is 1.00 bits per heavy atom. The van der Waals surface area contributed by atoms with Crippen molar-refractivity contribution in [2.45, 2.75) is 0 Å². The molecular formula is C18H23N2S2+. The van der Waals surface area contributed by atoms with E-state index in [1.807, 2.05) is 33.2 Å². The highest BCUT2D eigenvalue weighted by molar-refractivity contribution is 8.76. The second kappa shape index (κ2) is 8.91. The van der Waals surface area contributed by atoms with Crippen LogP contribution in [-0.4, -0.2) is 25.6 Å². The Morgan fingerprint density at radius 3 is 2.18 bits per heavy atom. The van der Waals surface area contributed by atoms with Crippen LogP contribution in [0.5, 0.6) is 0 Å². The molecule has 2 aromatic rings. The number of pyridine rings is 1. The lowest BCUT2D eigenvalue weighted by atomic mass is 10.1. The fourth-order valence-corrected chi connectivity index (χ4v) is 3.28. The number of aryl methyl sites for hydroxylation is 1. The van der Waals surface area contributed by atoms with Crippen molar-refractivity contribution in [3.63, 3.8) is 0 Å². The number of anilines is 1. The first kappa shape index (κ1) is 17.0. The van der Waals surface area contributed by atoms with Crippen molar-refractivity contribution in [3.05, 3.63) is 59.9 Å². The summed E-state index contributed by atoms with van der Waals surface area (Å²) in [4.78, 5) is 2.30. The minimum absolute atomic E-state index is 1.07. The summed E-state index contributed by atoms with van der Waals surface area (Å²) in [5, 5.41) is 0. The van der Waals surface area contributed by atoms with Crippen molar-refractivity contribution in [2.24, 2.45) is 7.05 Å². The van der Waals surface area contributed by atoms with E-state index in [0.717, 1.165) is 12.3 Å². The zero-order valence-electron chi connectivity index (χ0n) is 13.4. The van der Waals surface area contributed by atoms with Gasteiger partial charge in [-0.3, -0.25) is 0 Å². The van der Waals surface area contributed by atoms with E-state index < -0.39 is 0 Å². The first-order chi connectivity index (χ1) is 10.7. The van der Waals surface area contributed by atoms with Gasteiger partial charge in [-0.15, -0.1) is 0 Å². The summed E-state index contributed by atoms with van der Waals surface area (Å²) in [6, 6.07) is 13.0. The fraction of sp³-hybridized carbons (Fsp3) is 0.278. The van der Waals surface area contributed by atoms with Crippen molar-refractivity contribution in [1.29, 1.82) is 0 Å². The minimum atomic E-state index is 1.07. The Morgan fingerprint density at radius 2 is 1.59 bits per heavy atom. The summed E-state index contributed by atoms with van der Waals surface area (Å²) in [6.07, 6.45) is 10.5. The minimum Gasteiger partial charge on any atom is -0.374 e. The maximum Gasteiger partial charge on any atom is 0.169 e. The van der Waals surface area contributed by atoms with E-state index in [-0.39, 0.29) is 0 Å². The molecule has 1 aromatic heterocycles. The second-order valence-corrected chi connectivity index (χ2v) is 7.82. The van der Waals surface area contributed by atoms with E-state index in [9.17, 15) is 0 Å². The molecule has 0 bridgehead atoms. The van der Waals surface area contributed by atoms with Crippen LogP contribution in [0.15, 0.2) is 48.8 Å². The average Bonchev–Trinajstić information content (AvgIpc) is 2.55. The molecule has 0 fully saturated rings. The molecule has 0 amide bonds. The molecular weight excluding hydrogens is 308 g/mol. The molecule has 0 aliphatic carbocycles. The monoisotopic (exact) mass is 331 g/mol. The van der Waals surface area contributed by atoms with Crippen molar-refractivity contribution in [1.82, 2.24) is 0 Å². The zero-order chi connectivity index (χ0) is 15.8. The van der Waals surface area contributed by atoms with Gasteiger partial charge in [0.2, 0.25) is 0 Å². The largest absolute Gasteiger partial charge is 0.374 e. The zero-order valence-corrected chi connectivity index (χ0v) is 15.0. The van der Waals surface area contributed by atoms with E-state index in [0.29, 0.717) is 0 Å². The number of rotatable bonds is 7. The molecule has 0 unspecified atom stereocenters. The predicted octanol–water partition coefficient (Wildman–Crippen LogP) is 4.13. The quantitative estimate of drug-likeness (QED) is 0.428. The highest BCUT2D eigenvalue weighted by Crippen LogP contribution is 2.19. The molecule has 0 saturated heterocycles. The molecule has 1 aromatic carbocycles. The molecule has 22 heavy (non-hydrogen) atoms. The van der Waals surface area contributed by atoms with E-state index in [4.69, 9.17) is 0 Å². The van der Waals surface area contributed by atoms with E-state index in [1.165, 1.54) is 16.8 Å². The van der Waals surface area contributed by atoms with Crippen LogP contribution in [0, 0.1) is 0 Å². The molecule has 0 radical (unpaired) electrons. The van der Waals surface area contributed by atoms with Gasteiger partial charge < -0.3 is 4.90 Å². The lowest BCUT2D eigenvalue weighted by Gasteiger charge is -2.18. The van der Waals surface area contributed by atoms with Crippen LogP contribution in [0.4, 0.5) is 5.69 Å². The Kier molecular flexibility index (Phi) is 6.87. The van der Waals surface area contributed by atoms with E-state index in [2.05, 4.69) is 79.1 Å². The van der Waals surface area contributed by atoms with Gasteiger partial charge in [0.15, 0.2) is 12.4 Å². The van der Waals surface area contributed by atoms with Gasteiger partial charge in [0.05, 0.1) is 0 Å². The molecule has 0 atom stereocenters. The summed E-state index contributed by atoms with van der Waals surface area (Å²) in [5.74, 6) is 1.14. The SMILES string of the molecule is CSSCCN(C)c1ccc(/C=C/c2cc[n+](C)cc2)cc1. The molecule has 0 N–H and O–H groups in total. The molecule has 0 aliphatic heterocycles. The number of hydrogen-bond donors (Lipinski definition) is 0. The third kappa shape index (κ3) is 5.43. The molecule has 4 heteroatoms. The highest BCUT2D eigenvalue weighted by Gasteiger charge is 2.00. The van der Waals surface area contributed by atoms with Crippen LogP contribution >= 0.6 is 21.6 Å². The topological polar surface area (TPSA) is 7.12 Å². The Bertz CT molecular complexity index is 591. The second-order valence-electron chi connectivity index (χ2n) is 5.13. The van der Waals surface area contributed by atoms with Gasteiger partial charge in [0.25, 0.3) is 0 Å². The lowest BCUT2D eigenvalue weighted by molar-refractivity contribution is -0.671. The van der Waals surface area contributed by atoms with Gasteiger partial charge in [0, 0.05) is 37.2 Å². The molecule has 0 saturated carbocycles. The average molecular weight is 332 g/mol. The molecule has 0 spiro atoms. The standard InChI is InChI=1S/C18H23N2S2/c1-19-12-10-17(11-13-19)5-4-16-6-8-18(9-7-16)20(2)14-15-22-21-3/h4-13H,14-15H2,1-3H3/q+1. The van der Waals surface area contributed by atoms with Crippen LogP contribution in [-0.2, 0) is 7.05 Å². The Hall–Kier alpha value is -1.39. The summed E-state index contributed by atoms with van der Waals surface area (Å²) in [7, 11) is 7.91. The molecule has 1 heterocycles. The molecule has 0 aliphatic rings. The van der Waals surface area contributed by atoms with Crippen molar-refractivity contribution >= 4 is 39.4 Å². The van der Waals surface area contributed by atoms with Crippen molar-refractivity contribution in [3.8, 4) is 0 Å². The van der Waals surface area contributed by atoms with Gasteiger partial charge in [0.1, 0.15) is 7.05 Å². The first-order valence-corrected chi connectivity index (χ1v) is 10.0. The third-order valence-electron chi connectivity index (χ3n) is 3.43. The van der Waals surface area contributed by atoms with Crippen molar-refractivity contribution < 1.29 is 4.57 Å². The summed E-state index contributed by atoms with van der Waals surface area (Å²) >= 11 is 0. The normalized spacial score (nSPS) is 11.0. The van der Waals surface area contributed by atoms with Gasteiger partial charge in [-0.25, -0.2) is 4.57 Å². The van der Waals surface area contributed by atoms with Crippen LogP contribution < -0.4 is 9.47 Å². The lowest BCUT2D eigenvalue weighted by Crippen LogP contribution is -2.25. The first-order valence-electron chi connectivity index (χ1n) is 7.29. The smallest absolute Gasteiger partial charge is 0.169 e. The molecule has 2 rings (SSSR count). The maximum absolute atomic E-state index is 2.30. The summed E-state index contributed by atoms with van der Waals surface area (Å²) in [5.41, 5.74) is 3.71. The fourth-order valence-electron chi connectivity index (χ4n) is 2.04. The number of nitrogens with zero attached hydrogens (tertiary/aromatic N) is 2. The van der Waals surface area contributed by atoms with Gasteiger partial charge in [-0.2, -0.15) is 0 Å². The number of aromatic nitrogens is 1. The molecule has 2 nitrogen and oxygen atoms in total. The van der Waals surface area contributed by atoms with Gasteiger partial charge >= 0.3 is 0 Å². The van der Waals surface area contributed by atoms with E-state index >= 15 is 0 Å². The van der Waals surface area contributed by atoms with Crippen LogP contribution in [0.1, 0.15) is 11.1 Å². The predicted molar refractivity (Wildman–Crippen MR) is 102 cm³/mol. The van der Waals surface area contributed by atoms with Gasteiger partial charge in [-0.1, -0.05) is 45.9 Å². The van der Waals surface area contributed by atoms with Crippen LogP contribution in [0.2, 0.25) is 0 Å². The number of benzene rings is 1. The Balaban J connectivity index is 1.95. The number of hydrogen-bond acceptors (Lipinski definition) is 3. The third-order valence-corrected chi connectivity index (χ3v) is 5.23.